The van der Waals surface area contributed by atoms with Crippen LogP contribution in [-0.4, -0.2) is 32.2 Å². The highest BCUT2D eigenvalue weighted by atomic mass is 79.9. The summed E-state index contributed by atoms with van der Waals surface area (Å²) in [5.41, 5.74) is 0.228. The van der Waals surface area contributed by atoms with Gasteiger partial charge in [-0.05, 0) is 15.9 Å². The first-order valence-corrected chi connectivity index (χ1v) is 5.40. The molecule has 0 spiro atoms. The summed E-state index contributed by atoms with van der Waals surface area (Å²) in [4.78, 5) is 15.2. The van der Waals surface area contributed by atoms with Crippen LogP contribution in [0.1, 0.15) is 11.5 Å². The molecule has 0 bridgehead atoms. The summed E-state index contributed by atoms with van der Waals surface area (Å²) in [7, 11) is 0. The lowest BCUT2D eigenvalue weighted by Gasteiger charge is -2.26. The highest BCUT2D eigenvalue weighted by Crippen LogP contribution is 2.33. The van der Waals surface area contributed by atoms with Crippen LogP contribution in [-0.2, 0) is 19.3 Å². The maximum absolute atomic E-state index is 12.6. The van der Waals surface area contributed by atoms with E-state index in [2.05, 4.69) is 20.9 Å². The predicted molar refractivity (Wildman–Crippen MR) is 53.4 cm³/mol. The number of carboxylic acid groups (broad SMARTS) is 1. The van der Waals surface area contributed by atoms with Gasteiger partial charge in [-0.25, -0.2) is 9.78 Å². The first kappa shape index (κ1) is 12.2. The zero-order valence-corrected chi connectivity index (χ0v) is 9.92. The molecule has 0 saturated heterocycles. The second-order valence-corrected chi connectivity index (χ2v) is 4.28. The van der Waals surface area contributed by atoms with Crippen molar-refractivity contribution in [1.82, 2.24) is 14.5 Å². The van der Waals surface area contributed by atoms with Gasteiger partial charge in [-0.1, -0.05) is 0 Å². The second-order valence-electron chi connectivity index (χ2n) is 3.53. The van der Waals surface area contributed by atoms with Crippen molar-refractivity contribution in [3.63, 3.8) is 0 Å². The summed E-state index contributed by atoms with van der Waals surface area (Å²) in [5, 5.41) is 8.78. The molecular weight excluding hydrogens is 307 g/mol. The van der Waals surface area contributed by atoms with Crippen LogP contribution in [0.25, 0.3) is 0 Å². The largest absolute Gasteiger partial charge is 0.465 e. The fourth-order valence-electron chi connectivity index (χ4n) is 1.71. The minimum Gasteiger partial charge on any atom is -0.465 e. The SMILES string of the molecule is O=C(O)N1CCn2c(C(F)(F)F)nc(Br)c2C1. The van der Waals surface area contributed by atoms with Crippen molar-refractivity contribution in [3.05, 3.63) is 16.1 Å². The van der Waals surface area contributed by atoms with E-state index in [1.807, 2.05) is 0 Å². The molecule has 0 saturated carbocycles. The number of alkyl halides is 3. The van der Waals surface area contributed by atoms with Crippen LogP contribution < -0.4 is 0 Å². The first-order chi connectivity index (χ1) is 7.80. The van der Waals surface area contributed by atoms with Gasteiger partial charge in [-0.2, -0.15) is 13.2 Å². The standard InChI is InChI=1S/C8H7BrF3N3O2/c9-5-4-3-14(7(16)17)1-2-15(4)6(13-5)8(10,11)12/h1-3H2,(H,16,17). The van der Waals surface area contributed by atoms with E-state index in [1.54, 1.807) is 0 Å². The Morgan fingerprint density at radius 2 is 2.06 bits per heavy atom. The minimum atomic E-state index is -4.54. The van der Waals surface area contributed by atoms with E-state index in [4.69, 9.17) is 5.11 Å². The Hall–Kier alpha value is -1.25. The third-order valence-corrected chi connectivity index (χ3v) is 3.12. The predicted octanol–water partition coefficient (Wildman–Crippen LogP) is 2.16. The van der Waals surface area contributed by atoms with Crippen LogP contribution in [0.15, 0.2) is 4.60 Å². The van der Waals surface area contributed by atoms with Crippen LogP contribution in [0.4, 0.5) is 18.0 Å². The summed E-state index contributed by atoms with van der Waals surface area (Å²) in [6, 6.07) is 0. The van der Waals surface area contributed by atoms with Gasteiger partial charge in [0.1, 0.15) is 4.60 Å². The Kier molecular flexibility index (Phi) is 2.80. The van der Waals surface area contributed by atoms with Crippen LogP contribution >= 0.6 is 15.9 Å². The Bertz CT molecular complexity index is 471. The normalized spacial score (nSPS) is 15.9. The molecule has 0 aromatic carbocycles. The van der Waals surface area contributed by atoms with Crippen LogP contribution in [0, 0.1) is 0 Å². The van der Waals surface area contributed by atoms with Crippen molar-refractivity contribution < 1.29 is 23.1 Å². The lowest BCUT2D eigenvalue weighted by Crippen LogP contribution is -2.38. The van der Waals surface area contributed by atoms with Gasteiger partial charge in [0.05, 0.1) is 12.2 Å². The lowest BCUT2D eigenvalue weighted by molar-refractivity contribution is -0.147. The average molecular weight is 314 g/mol. The molecule has 0 unspecified atom stereocenters. The molecule has 1 aliphatic rings. The van der Waals surface area contributed by atoms with E-state index in [1.165, 1.54) is 0 Å². The molecule has 0 radical (unpaired) electrons. The second kappa shape index (κ2) is 3.90. The molecule has 1 N–H and O–H groups in total. The van der Waals surface area contributed by atoms with Crippen LogP contribution in [0.5, 0.6) is 0 Å². The molecule has 94 valence electrons. The molecule has 5 nitrogen and oxygen atoms in total. The molecule has 9 heteroatoms. The van der Waals surface area contributed by atoms with Crippen LogP contribution in [0.3, 0.4) is 0 Å². The zero-order valence-electron chi connectivity index (χ0n) is 8.33. The smallest absolute Gasteiger partial charge is 0.449 e. The number of hydrogen-bond acceptors (Lipinski definition) is 2. The number of amides is 1. The van der Waals surface area contributed by atoms with Crippen molar-refractivity contribution >= 4 is 22.0 Å². The summed E-state index contributed by atoms with van der Waals surface area (Å²) in [6.07, 6.45) is -5.69. The van der Waals surface area contributed by atoms with Gasteiger partial charge >= 0.3 is 12.3 Å². The Balaban J connectivity index is 2.41. The number of fused-ring (bicyclic) bond motifs is 1. The third kappa shape index (κ3) is 2.11. The summed E-state index contributed by atoms with van der Waals surface area (Å²) in [5.74, 6) is -0.996. The molecule has 2 heterocycles. The first-order valence-electron chi connectivity index (χ1n) is 4.60. The maximum atomic E-state index is 12.6. The Morgan fingerprint density at radius 1 is 1.41 bits per heavy atom. The van der Waals surface area contributed by atoms with Crippen LogP contribution in [0.2, 0.25) is 0 Å². The third-order valence-electron chi connectivity index (χ3n) is 2.48. The molecule has 1 aliphatic heterocycles. The number of hydrogen-bond donors (Lipinski definition) is 1. The highest BCUT2D eigenvalue weighted by molar-refractivity contribution is 9.10. The topological polar surface area (TPSA) is 58.4 Å². The molecule has 17 heavy (non-hydrogen) atoms. The molecule has 0 aliphatic carbocycles. The van der Waals surface area contributed by atoms with Gasteiger partial charge in [-0.3, -0.25) is 0 Å². The van der Waals surface area contributed by atoms with Gasteiger partial charge in [-0.15, -0.1) is 0 Å². The Labute approximate surface area is 102 Å². The van der Waals surface area contributed by atoms with Gasteiger partial charge < -0.3 is 14.6 Å². The van der Waals surface area contributed by atoms with E-state index >= 15 is 0 Å². The van der Waals surface area contributed by atoms with E-state index < -0.39 is 18.1 Å². The van der Waals surface area contributed by atoms with Gasteiger partial charge in [0, 0.05) is 13.1 Å². The molecular formula is C8H7BrF3N3O2. The number of nitrogens with zero attached hydrogens (tertiary/aromatic N) is 3. The number of halogens is 4. The molecule has 2 rings (SSSR count). The zero-order chi connectivity index (χ0) is 12.8. The van der Waals surface area contributed by atoms with Gasteiger partial charge in [0.25, 0.3) is 0 Å². The van der Waals surface area contributed by atoms with Gasteiger partial charge in [0.15, 0.2) is 0 Å². The molecule has 1 aromatic rings. The highest BCUT2D eigenvalue weighted by Gasteiger charge is 2.40. The molecule has 0 atom stereocenters. The fraction of sp³-hybridized carbons (Fsp3) is 0.500. The van der Waals surface area contributed by atoms with Crippen molar-refractivity contribution in [1.29, 1.82) is 0 Å². The maximum Gasteiger partial charge on any atom is 0.449 e. The lowest BCUT2D eigenvalue weighted by atomic mass is 10.3. The minimum absolute atomic E-state index is 0.0220. The summed E-state index contributed by atoms with van der Waals surface area (Å²) in [6.45, 7) is -0.123. The van der Waals surface area contributed by atoms with Crippen molar-refractivity contribution in [2.75, 3.05) is 6.54 Å². The number of aromatic nitrogens is 2. The molecule has 0 fully saturated rings. The number of carbonyl (C=O) groups is 1. The monoisotopic (exact) mass is 313 g/mol. The van der Waals surface area contributed by atoms with Crippen molar-refractivity contribution in [3.8, 4) is 0 Å². The van der Waals surface area contributed by atoms with Crippen molar-refractivity contribution in [2.45, 2.75) is 19.3 Å². The summed E-state index contributed by atoms with van der Waals surface area (Å²) < 4.78 is 38.9. The Morgan fingerprint density at radius 3 is 2.59 bits per heavy atom. The van der Waals surface area contributed by atoms with E-state index in [0.29, 0.717) is 0 Å². The fourth-order valence-corrected chi connectivity index (χ4v) is 2.22. The van der Waals surface area contributed by atoms with Crippen molar-refractivity contribution in [2.24, 2.45) is 0 Å². The average Bonchev–Trinajstić information content (AvgIpc) is 2.55. The molecule has 1 aromatic heterocycles. The van der Waals surface area contributed by atoms with E-state index in [0.717, 1.165) is 9.47 Å². The number of imidazole rings is 1. The molecule has 1 amide bonds. The number of rotatable bonds is 0. The quantitative estimate of drug-likeness (QED) is 0.798. The van der Waals surface area contributed by atoms with E-state index in [-0.39, 0.29) is 29.9 Å². The van der Waals surface area contributed by atoms with E-state index in [9.17, 15) is 18.0 Å². The summed E-state index contributed by atoms with van der Waals surface area (Å²) >= 11 is 2.92. The van der Waals surface area contributed by atoms with Gasteiger partial charge in [0.2, 0.25) is 5.82 Å².